The first-order valence-corrected chi connectivity index (χ1v) is 7.31. The molecule has 1 aliphatic carbocycles. The molecule has 2 unspecified atom stereocenters. The molecule has 0 saturated heterocycles. The zero-order valence-electron chi connectivity index (χ0n) is 13.0. The smallest absolute Gasteiger partial charge is 0.326 e. The lowest BCUT2D eigenvalue weighted by molar-refractivity contribution is -0.153. The first kappa shape index (κ1) is 16.8. The maximum atomic E-state index is 12.4. The molecule has 1 aliphatic rings. The summed E-state index contributed by atoms with van der Waals surface area (Å²) in [6.07, 6.45) is 2.50. The van der Waals surface area contributed by atoms with E-state index in [1.54, 1.807) is 0 Å². The van der Waals surface area contributed by atoms with E-state index in [9.17, 15) is 4.79 Å². The van der Waals surface area contributed by atoms with Crippen LogP contribution < -0.4 is 5.32 Å². The van der Waals surface area contributed by atoms with Crippen molar-refractivity contribution in [1.29, 1.82) is 0 Å². The minimum absolute atomic E-state index is 0.129. The van der Waals surface area contributed by atoms with Crippen molar-refractivity contribution in [1.82, 2.24) is 5.32 Å². The van der Waals surface area contributed by atoms with Crippen LogP contribution in [0.2, 0.25) is 0 Å². The Balaban J connectivity index is 2.75. The average Bonchev–Trinajstić information content (AvgIpc) is 2.60. The highest BCUT2D eigenvalue weighted by molar-refractivity contribution is 5.82. The molecule has 0 aromatic heterocycles. The largest absolute Gasteiger partial charge is 0.465 e. The van der Waals surface area contributed by atoms with Crippen molar-refractivity contribution in [3.8, 4) is 0 Å². The lowest BCUT2D eigenvalue weighted by Crippen LogP contribution is -2.55. The van der Waals surface area contributed by atoms with E-state index in [4.69, 9.17) is 10.3 Å². The Kier molecular flexibility index (Phi) is 5.84. The van der Waals surface area contributed by atoms with E-state index in [0.717, 1.165) is 19.3 Å². The summed E-state index contributed by atoms with van der Waals surface area (Å²) in [7, 11) is 0. The Morgan fingerprint density at radius 2 is 2.25 bits per heavy atom. The third-order valence-corrected chi connectivity index (χ3v) is 4.04. The molecular formula is C14H26N4O2. The number of hydrogen-bond donors (Lipinski definition) is 1. The number of nitrogens with zero attached hydrogens (tertiary/aromatic N) is 3. The van der Waals surface area contributed by atoms with Crippen molar-refractivity contribution in [2.45, 2.75) is 52.5 Å². The van der Waals surface area contributed by atoms with E-state index in [1.807, 2.05) is 6.92 Å². The second kappa shape index (κ2) is 6.95. The van der Waals surface area contributed by atoms with Crippen molar-refractivity contribution in [2.24, 2.45) is 16.4 Å². The van der Waals surface area contributed by atoms with Gasteiger partial charge >= 0.3 is 5.97 Å². The lowest BCUT2D eigenvalue weighted by Gasteiger charge is -2.33. The van der Waals surface area contributed by atoms with Crippen molar-refractivity contribution in [3.05, 3.63) is 10.4 Å². The van der Waals surface area contributed by atoms with E-state index in [-0.39, 0.29) is 17.3 Å². The van der Waals surface area contributed by atoms with E-state index in [2.05, 4.69) is 36.1 Å². The van der Waals surface area contributed by atoms with Gasteiger partial charge in [-0.15, -0.1) is 0 Å². The van der Waals surface area contributed by atoms with Crippen molar-refractivity contribution in [3.63, 3.8) is 0 Å². The zero-order valence-corrected chi connectivity index (χ0v) is 13.0. The summed E-state index contributed by atoms with van der Waals surface area (Å²) in [5.74, 6) is 0.0814. The molecule has 0 aliphatic heterocycles. The van der Waals surface area contributed by atoms with Crippen LogP contribution in [0.1, 0.15) is 47.0 Å². The van der Waals surface area contributed by atoms with Gasteiger partial charge in [-0.1, -0.05) is 25.9 Å². The monoisotopic (exact) mass is 282 g/mol. The van der Waals surface area contributed by atoms with Crippen LogP contribution in [0.15, 0.2) is 5.11 Å². The van der Waals surface area contributed by atoms with Gasteiger partial charge in [-0.2, -0.15) is 0 Å². The summed E-state index contributed by atoms with van der Waals surface area (Å²) in [4.78, 5) is 15.1. The van der Waals surface area contributed by atoms with Crippen LogP contribution in [-0.4, -0.2) is 31.2 Å². The number of esters is 1. The maximum Gasteiger partial charge on any atom is 0.326 e. The normalized spacial score (nSPS) is 27.9. The molecule has 0 spiro atoms. The third-order valence-electron chi connectivity index (χ3n) is 4.04. The molecule has 6 heteroatoms. The van der Waals surface area contributed by atoms with E-state index in [0.29, 0.717) is 19.7 Å². The van der Waals surface area contributed by atoms with Gasteiger partial charge < -0.3 is 10.1 Å². The molecule has 0 amide bonds. The maximum absolute atomic E-state index is 12.4. The van der Waals surface area contributed by atoms with Gasteiger partial charge in [0, 0.05) is 11.5 Å². The molecule has 1 rings (SSSR count). The number of ether oxygens (including phenoxy) is 1. The highest BCUT2D eigenvalue weighted by Crippen LogP contribution is 2.48. The molecule has 0 aromatic rings. The van der Waals surface area contributed by atoms with Gasteiger partial charge in [-0.25, -0.2) is 0 Å². The summed E-state index contributed by atoms with van der Waals surface area (Å²) in [5.41, 5.74) is 7.79. The Morgan fingerprint density at radius 1 is 1.55 bits per heavy atom. The number of nitrogens with one attached hydrogen (secondary N) is 1. The molecule has 0 aromatic carbocycles. The number of hydrogen-bond acceptors (Lipinski definition) is 4. The van der Waals surface area contributed by atoms with Crippen molar-refractivity contribution >= 4 is 5.97 Å². The lowest BCUT2D eigenvalue weighted by atomic mass is 9.86. The number of carbonyl (C=O) groups is 1. The molecule has 6 nitrogen and oxygen atoms in total. The van der Waals surface area contributed by atoms with Gasteiger partial charge in [0.25, 0.3) is 0 Å². The molecule has 0 bridgehead atoms. The molecule has 1 N–H and O–H groups in total. The Morgan fingerprint density at radius 3 is 2.75 bits per heavy atom. The number of rotatable bonds is 7. The summed E-state index contributed by atoms with van der Waals surface area (Å²) < 4.78 is 5.29. The first-order valence-electron chi connectivity index (χ1n) is 7.31. The Labute approximate surface area is 120 Å². The molecule has 0 heterocycles. The summed E-state index contributed by atoms with van der Waals surface area (Å²) in [6.45, 7) is 9.80. The van der Waals surface area contributed by atoms with E-state index < -0.39 is 5.54 Å². The standard InChI is InChI=1S/C14H26N4O2/c1-5-20-12(19)14(16-7-6-8-17-18-15)10-13(3,4)9-11(14)2/h11,16H,5-10H2,1-4H3. The van der Waals surface area contributed by atoms with Crippen LogP contribution >= 0.6 is 0 Å². The Bertz CT molecular complexity index is 391. The SMILES string of the molecule is CCOC(=O)C1(NCCCN=[N+]=[N-])CC(C)(C)CC1C. The zero-order chi connectivity index (χ0) is 15.2. The molecular weight excluding hydrogens is 256 g/mol. The topological polar surface area (TPSA) is 87.1 Å². The number of carbonyl (C=O) groups excluding carboxylic acids is 1. The molecule has 1 saturated carbocycles. The fourth-order valence-corrected chi connectivity index (χ4v) is 3.35. The minimum atomic E-state index is -0.601. The molecule has 1 fully saturated rings. The second-order valence-electron chi connectivity index (χ2n) is 6.37. The predicted molar refractivity (Wildman–Crippen MR) is 78.2 cm³/mol. The van der Waals surface area contributed by atoms with Gasteiger partial charge in [-0.3, -0.25) is 4.79 Å². The van der Waals surface area contributed by atoms with Crippen LogP contribution in [0.4, 0.5) is 0 Å². The number of azide groups is 1. The fraction of sp³-hybridized carbons (Fsp3) is 0.929. The first-order chi connectivity index (χ1) is 9.38. The van der Waals surface area contributed by atoms with Gasteiger partial charge in [0.15, 0.2) is 0 Å². The van der Waals surface area contributed by atoms with Crippen molar-refractivity contribution < 1.29 is 9.53 Å². The van der Waals surface area contributed by atoms with Crippen LogP contribution in [0.25, 0.3) is 10.4 Å². The van der Waals surface area contributed by atoms with Crippen LogP contribution in [0, 0.1) is 11.3 Å². The molecule has 0 radical (unpaired) electrons. The van der Waals surface area contributed by atoms with E-state index >= 15 is 0 Å². The molecule has 20 heavy (non-hydrogen) atoms. The van der Waals surface area contributed by atoms with Gasteiger partial charge in [0.05, 0.1) is 6.61 Å². The fourth-order valence-electron chi connectivity index (χ4n) is 3.35. The minimum Gasteiger partial charge on any atom is -0.465 e. The van der Waals surface area contributed by atoms with Crippen molar-refractivity contribution in [2.75, 3.05) is 19.7 Å². The summed E-state index contributed by atoms with van der Waals surface area (Å²) in [5, 5.41) is 6.90. The second-order valence-corrected chi connectivity index (χ2v) is 6.37. The van der Waals surface area contributed by atoms with Crippen LogP contribution in [0.5, 0.6) is 0 Å². The molecule has 2 atom stereocenters. The molecule has 114 valence electrons. The predicted octanol–water partition coefficient (Wildman–Crippen LogP) is 3.03. The van der Waals surface area contributed by atoms with Gasteiger partial charge in [0.2, 0.25) is 0 Å². The summed E-state index contributed by atoms with van der Waals surface area (Å²) >= 11 is 0. The third kappa shape index (κ3) is 3.87. The van der Waals surface area contributed by atoms with Gasteiger partial charge in [-0.05, 0) is 49.6 Å². The van der Waals surface area contributed by atoms with Crippen LogP contribution in [0.3, 0.4) is 0 Å². The van der Waals surface area contributed by atoms with Gasteiger partial charge in [0.1, 0.15) is 5.54 Å². The van der Waals surface area contributed by atoms with E-state index in [1.165, 1.54) is 0 Å². The summed E-state index contributed by atoms with van der Waals surface area (Å²) in [6, 6.07) is 0. The quantitative estimate of drug-likeness (QED) is 0.256. The highest BCUT2D eigenvalue weighted by Gasteiger charge is 2.54. The van der Waals surface area contributed by atoms with Crippen LogP contribution in [-0.2, 0) is 9.53 Å². The Hall–Kier alpha value is -1.26. The average molecular weight is 282 g/mol. The highest BCUT2D eigenvalue weighted by atomic mass is 16.5.